The SMILES string of the molecule is CC(C)c1cc(C(=O)N2CCC(CCNC(C)(C)C(=O)OC(C)(C)C)CC2)c(O)cc1O. The van der Waals surface area contributed by atoms with Crippen LogP contribution in [0.2, 0.25) is 0 Å². The highest BCUT2D eigenvalue weighted by Gasteiger charge is 2.32. The molecule has 2 rings (SSSR count). The van der Waals surface area contributed by atoms with E-state index in [4.69, 9.17) is 4.74 Å². The number of aromatic hydroxyl groups is 2. The molecule has 7 heteroatoms. The van der Waals surface area contributed by atoms with Crippen molar-refractivity contribution in [1.29, 1.82) is 0 Å². The summed E-state index contributed by atoms with van der Waals surface area (Å²) in [7, 11) is 0. The number of rotatable bonds is 7. The maximum atomic E-state index is 13.0. The lowest BCUT2D eigenvalue weighted by molar-refractivity contribution is -0.161. The zero-order valence-electron chi connectivity index (χ0n) is 20.6. The summed E-state index contributed by atoms with van der Waals surface area (Å²) in [5.74, 6) is -0.139. The van der Waals surface area contributed by atoms with Gasteiger partial charge in [0.2, 0.25) is 0 Å². The number of hydrogen-bond acceptors (Lipinski definition) is 6. The van der Waals surface area contributed by atoms with Crippen LogP contribution in [0.15, 0.2) is 12.1 Å². The van der Waals surface area contributed by atoms with E-state index in [2.05, 4.69) is 5.32 Å². The second kappa shape index (κ2) is 10.1. The van der Waals surface area contributed by atoms with Gasteiger partial charge < -0.3 is 25.2 Å². The molecule has 1 fully saturated rings. The van der Waals surface area contributed by atoms with E-state index in [1.807, 2.05) is 48.5 Å². The number of hydrogen-bond donors (Lipinski definition) is 3. The number of piperidine rings is 1. The maximum absolute atomic E-state index is 13.0. The van der Waals surface area contributed by atoms with Crippen molar-refractivity contribution in [2.45, 2.75) is 84.8 Å². The second-order valence-electron chi connectivity index (χ2n) is 10.7. The van der Waals surface area contributed by atoms with Gasteiger partial charge in [-0.05, 0) is 83.9 Å². The predicted octanol–water partition coefficient (Wildman–Crippen LogP) is 4.17. The molecule has 180 valence electrons. The summed E-state index contributed by atoms with van der Waals surface area (Å²) in [6.45, 7) is 15.0. The smallest absolute Gasteiger partial charge is 0.326 e. The fraction of sp³-hybridized carbons (Fsp3) is 0.680. The van der Waals surface area contributed by atoms with E-state index in [1.165, 1.54) is 6.07 Å². The molecule has 1 aliphatic rings. The zero-order valence-corrected chi connectivity index (χ0v) is 20.6. The van der Waals surface area contributed by atoms with Crippen LogP contribution >= 0.6 is 0 Å². The van der Waals surface area contributed by atoms with Crippen LogP contribution in [0.3, 0.4) is 0 Å². The third-order valence-corrected chi connectivity index (χ3v) is 5.93. The van der Waals surface area contributed by atoms with Gasteiger partial charge in [-0.25, -0.2) is 0 Å². The number of ether oxygens (including phenoxy) is 1. The monoisotopic (exact) mass is 448 g/mol. The van der Waals surface area contributed by atoms with Crippen molar-refractivity contribution in [3.63, 3.8) is 0 Å². The lowest BCUT2D eigenvalue weighted by Gasteiger charge is -2.33. The van der Waals surface area contributed by atoms with E-state index in [0.29, 0.717) is 31.1 Å². The summed E-state index contributed by atoms with van der Waals surface area (Å²) < 4.78 is 5.49. The van der Waals surface area contributed by atoms with Crippen molar-refractivity contribution in [1.82, 2.24) is 10.2 Å². The van der Waals surface area contributed by atoms with Crippen molar-refractivity contribution >= 4 is 11.9 Å². The van der Waals surface area contributed by atoms with E-state index in [0.717, 1.165) is 19.3 Å². The fourth-order valence-corrected chi connectivity index (χ4v) is 3.89. The van der Waals surface area contributed by atoms with Crippen molar-refractivity contribution in [3.05, 3.63) is 23.3 Å². The standard InChI is InChI=1S/C25H40N2O5/c1-16(2)18-14-19(21(29)15-20(18)28)22(30)27-12-9-17(10-13-27)8-11-26-25(6,7)23(31)32-24(3,4)5/h14-17,26,28-29H,8-13H2,1-7H3. The summed E-state index contributed by atoms with van der Waals surface area (Å²) in [5.41, 5.74) is -0.378. The Labute approximate surface area is 192 Å². The molecule has 0 spiro atoms. The van der Waals surface area contributed by atoms with Crippen LogP contribution in [0.25, 0.3) is 0 Å². The van der Waals surface area contributed by atoms with Gasteiger partial charge in [-0.2, -0.15) is 0 Å². The first kappa shape index (κ1) is 26.0. The number of amides is 1. The highest BCUT2D eigenvalue weighted by Crippen LogP contribution is 2.33. The quantitative estimate of drug-likeness (QED) is 0.542. The molecule has 1 aromatic rings. The molecule has 0 aliphatic carbocycles. The van der Waals surface area contributed by atoms with Crippen LogP contribution in [-0.4, -0.2) is 57.8 Å². The Bertz CT molecular complexity index is 818. The molecule has 0 radical (unpaired) electrons. The molecule has 0 unspecified atom stereocenters. The number of phenols is 2. The van der Waals surface area contributed by atoms with Gasteiger partial charge in [0.1, 0.15) is 22.6 Å². The molecule has 3 N–H and O–H groups in total. The van der Waals surface area contributed by atoms with Gasteiger partial charge in [-0.3, -0.25) is 9.59 Å². The third-order valence-electron chi connectivity index (χ3n) is 5.93. The topological polar surface area (TPSA) is 99.1 Å². The number of likely N-dealkylation sites (tertiary alicyclic amines) is 1. The van der Waals surface area contributed by atoms with E-state index >= 15 is 0 Å². The Morgan fingerprint density at radius 1 is 1.09 bits per heavy atom. The second-order valence-corrected chi connectivity index (χ2v) is 10.7. The molecule has 7 nitrogen and oxygen atoms in total. The molecule has 1 saturated heterocycles. The largest absolute Gasteiger partial charge is 0.508 e. The Hall–Kier alpha value is -2.28. The number of nitrogens with one attached hydrogen (secondary N) is 1. The van der Waals surface area contributed by atoms with Crippen molar-refractivity contribution in [2.24, 2.45) is 5.92 Å². The Morgan fingerprint density at radius 2 is 1.69 bits per heavy atom. The highest BCUT2D eigenvalue weighted by atomic mass is 16.6. The van der Waals surface area contributed by atoms with Crippen molar-refractivity contribution in [2.75, 3.05) is 19.6 Å². The predicted molar refractivity (Wildman–Crippen MR) is 125 cm³/mol. The van der Waals surface area contributed by atoms with E-state index in [-0.39, 0.29) is 34.9 Å². The molecule has 0 atom stereocenters. The average Bonchev–Trinajstić information content (AvgIpc) is 2.66. The molecule has 1 aromatic carbocycles. The summed E-state index contributed by atoms with van der Waals surface area (Å²) in [4.78, 5) is 27.1. The van der Waals surface area contributed by atoms with Crippen molar-refractivity contribution < 1.29 is 24.5 Å². The number of benzene rings is 1. The van der Waals surface area contributed by atoms with Gasteiger partial charge in [-0.1, -0.05) is 13.8 Å². The number of nitrogens with zero attached hydrogens (tertiary/aromatic N) is 1. The first-order valence-corrected chi connectivity index (χ1v) is 11.5. The maximum Gasteiger partial charge on any atom is 0.326 e. The first-order valence-electron chi connectivity index (χ1n) is 11.5. The van der Waals surface area contributed by atoms with Gasteiger partial charge in [0, 0.05) is 19.2 Å². The number of carbonyl (C=O) groups is 2. The summed E-state index contributed by atoms with van der Waals surface area (Å²) >= 11 is 0. The summed E-state index contributed by atoms with van der Waals surface area (Å²) in [6.07, 6.45) is 2.66. The number of esters is 1. The van der Waals surface area contributed by atoms with Crippen LogP contribution in [-0.2, 0) is 9.53 Å². The molecular weight excluding hydrogens is 408 g/mol. The molecule has 0 saturated carbocycles. The average molecular weight is 449 g/mol. The lowest BCUT2D eigenvalue weighted by atomic mass is 9.92. The van der Waals surface area contributed by atoms with Crippen LogP contribution in [0.1, 0.15) is 89.6 Å². The minimum atomic E-state index is -0.755. The number of phenolic OH excluding ortho intramolecular Hbond substituents is 2. The highest BCUT2D eigenvalue weighted by molar-refractivity contribution is 5.97. The fourth-order valence-electron chi connectivity index (χ4n) is 3.89. The zero-order chi connectivity index (χ0) is 24.3. The van der Waals surface area contributed by atoms with Crippen LogP contribution in [0, 0.1) is 5.92 Å². The summed E-state index contributed by atoms with van der Waals surface area (Å²) in [6, 6.07) is 2.86. The molecule has 0 bridgehead atoms. The van der Waals surface area contributed by atoms with Gasteiger partial charge >= 0.3 is 5.97 Å². The van der Waals surface area contributed by atoms with Crippen LogP contribution < -0.4 is 5.32 Å². The lowest BCUT2D eigenvalue weighted by Crippen LogP contribution is -2.50. The van der Waals surface area contributed by atoms with E-state index in [1.54, 1.807) is 11.0 Å². The molecule has 1 heterocycles. The molecule has 0 aromatic heterocycles. The summed E-state index contributed by atoms with van der Waals surface area (Å²) in [5, 5.41) is 23.5. The number of carbonyl (C=O) groups excluding carboxylic acids is 2. The van der Waals surface area contributed by atoms with E-state index in [9.17, 15) is 19.8 Å². The first-order chi connectivity index (χ1) is 14.7. The Balaban J connectivity index is 1.87. The molecule has 1 amide bonds. The van der Waals surface area contributed by atoms with E-state index < -0.39 is 11.1 Å². The van der Waals surface area contributed by atoms with Crippen molar-refractivity contribution in [3.8, 4) is 11.5 Å². The molecular formula is C25H40N2O5. The van der Waals surface area contributed by atoms with Gasteiger partial charge in [0.15, 0.2) is 0 Å². The minimum absolute atomic E-state index is 0.00886. The Morgan fingerprint density at radius 3 is 2.22 bits per heavy atom. The minimum Gasteiger partial charge on any atom is -0.508 e. The molecule has 32 heavy (non-hydrogen) atoms. The van der Waals surface area contributed by atoms with Crippen LogP contribution in [0.5, 0.6) is 11.5 Å². The third kappa shape index (κ3) is 6.86. The Kier molecular flexibility index (Phi) is 8.21. The van der Waals surface area contributed by atoms with Gasteiger partial charge in [0.25, 0.3) is 5.91 Å². The van der Waals surface area contributed by atoms with Gasteiger partial charge in [0.05, 0.1) is 5.56 Å². The van der Waals surface area contributed by atoms with Crippen LogP contribution in [0.4, 0.5) is 0 Å². The normalized spacial score (nSPS) is 15.8. The van der Waals surface area contributed by atoms with Gasteiger partial charge in [-0.15, -0.1) is 0 Å². The molecule has 1 aliphatic heterocycles.